The highest BCUT2D eigenvalue weighted by atomic mass is 32.2. The van der Waals surface area contributed by atoms with Crippen LogP contribution in [0.25, 0.3) is 0 Å². The van der Waals surface area contributed by atoms with Crippen LogP contribution < -0.4 is 15.2 Å². The van der Waals surface area contributed by atoms with E-state index in [0.29, 0.717) is 18.6 Å². The molecule has 0 heterocycles. The third-order valence-electron chi connectivity index (χ3n) is 4.25. The van der Waals surface area contributed by atoms with E-state index in [9.17, 15) is 18.0 Å². The Labute approximate surface area is 153 Å². The number of hydrogen-bond donors (Lipinski definition) is 2. The zero-order chi connectivity index (χ0) is 19.2. The van der Waals surface area contributed by atoms with Crippen molar-refractivity contribution in [1.29, 1.82) is 0 Å². The minimum Gasteiger partial charge on any atom is -0.490 e. The van der Waals surface area contributed by atoms with Gasteiger partial charge in [0, 0.05) is 6.92 Å². The van der Waals surface area contributed by atoms with Crippen molar-refractivity contribution in [3.63, 3.8) is 0 Å². The Morgan fingerprint density at radius 1 is 1.12 bits per heavy atom. The lowest BCUT2D eigenvalue weighted by Gasteiger charge is -2.35. The van der Waals surface area contributed by atoms with Crippen molar-refractivity contribution in [2.45, 2.75) is 49.5 Å². The lowest BCUT2D eigenvalue weighted by molar-refractivity contribution is -0.156. The average molecular weight is 384 g/mol. The molecule has 0 aromatic heterocycles. The van der Waals surface area contributed by atoms with E-state index in [1.807, 2.05) is 0 Å². The summed E-state index contributed by atoms with van der Waals surface area (Å²) < 4.78 is 33.1. The van der Waals surface area contributed by atoms with E-state index in [0.717, 1.165) is 19.3 Å². The Balaban J connectivity index is 1.84. The van der Waals surface area contributed by atoms with Gasteiger partial charge in [-0.25, -0.2) is 18.4 Å². The molecule has 1 aromatic carbocycles. The topological polar surface area (TPSA) is 125 Å². The molecule has 1 saturated carbocycles. The maximum atomic E-state index is 12.4. The Hall–Kier alpha value is -2.13. The smallest absolute Gasteiger partial charge is 0.331 e. The fraction of sp³-hybridized carbons (Fsp3) is 0.529. The number of sulfonamides is 1. The maximum absolute atomic E-state index is 12.4. The van der Waals surface area contributed by atoms with Crippen molar-refractivity contribution in [2.75, 3.05) is 13.2 Å². The second kappa shape index (κ2) is 8.50. The van der Waals surface area contributed by atoms with Crippen LogP contribution in [0.4, 0.5) is 0 Å². The van der Waals surface area contributed by atoms with Gasteiger partial charge in [0.25, 0.3) is 0 Å². The van der Waals surface area contributed by atoms with Crippen molar-refractivity contribution in [3.05, 3.63) is 24.3 Å². The van der Waals surface area contributed by atoms with Crippen molar-refractivity contribution in [3.8, 4) is 5.75 Å². The highest BCUT2D eigenvalue weighted by Crippen LogP contribution is 2.29. The van der Waals surface area contributed by atoms with Crippen LogP contribution in [0.2, 0.25) is 0 Å². The summed E-state index contributed by atoms with van der Waals surface area (Å²) in [7, 11) is -3.74. The second-order valence-corrected chi connectivity index (χ2v) is 7.89. The quantitative estimate of drug-likeness (QED) is 0.536. The number of amides is 1. The van der Waals surface area contributed by atoms with Gasteiger partial charge >= 0.3 is 5.97 Å². The van der Waals surface area contributed by atoms with Crippen LogP contribution in [0.5, 0.6) is 5.75 Å². The van der Waals surface area contributed by atoms with Gasteiger partial charge in [-0.05, 0) is 37.1 Å². The number of carbonyl (C=O) groups is 2. The highest BCUT2D eigenvalue weighted by molar-refractivity contribution is 7.89. The van der Waals surface area contributed by atoms with E-state index in [1.54, 1.807) is 0 Å². The Morgan fingerprint density at radius 3 is 2.27 bits per heavy atom. The largest absolute Gasteiger partial charge is 0.490 e. The molecule has 0 spiro atoms. The fourth-order valence-corrected chi connectivity index (χ4v) is 3.55. The van der Waals surface area contributed by atoms with Gasteiger partial charge in [0.15, 0.2) is 0 Å². The maximum Gasteiger partial charge on any atom is 0.331 e. The van der Waals surface area contributed by atoms with Gasteiger partial charge < -0.3 is 14.8 Å². The lowest BCUT2D eigenvalue weighted by Crippen LogP contribution is -2.56. The molecule has 2 rings (SSSR count). The predicted molar refractivity (Wildman–Crippen MR) is 93.9 cm³/mol. The van der Waals surface area contributed by atoms with E-state index in [4.69, 9.17) is 14.6 Å². The van der Waals surface area contributed by atoms with Gasteiger partial charge in [0.1, 0.15) is 24.5 Å². The SMILES string of the molecule is CC(=O)NC1(C(=O)OCCOc2ccc(S(N)(=O)=O)cc2)CCCCC1. The number of esters is 1. The first-order valence-corrected chi connectivity index (χ1v) is 9.99. The Kier molecular flexibility index (Phi) is 6.60. The molecule has 8 nitrogen and oxygen atoms in total. The number of nitrogens with two attached hydrogens (primary N) is 1. The zero-order valence-corrected chi connectivity index (χ0v) is 15.5. The molecular formula is C17H24N2O6S. The molecule has 0 saturated heterocycles. The second-order valence-electron chi connectivity index (χ2n) is 6.32. The van der Waals surface area contributed by atoms with Crippen molar-refractivity contribution in [1.82, 2.24) is 5.32 Å². The van der Waals surface area contributed by atoms with E-state index in [2.05, 4.69) is 5.32 Å². The molecule has 144 valence electrons. The minimum atomic E-state index is -3.74. The molecule has 1 aliphatic carbocycles. The van der Waals surface area contributed by atoms with Crippen LogP contribution in [0.15, 0.2) is 29.2 Å². The van der Waals surface area contributed by atoms with E-state index in [1.165, 1.54) is 31.2 Å². The lowest BCUT2D eigenvalue weighted by atomic mass is 9.81. The number of primary sulfonamides is 1. The third-order valence-corrected chi connectivity index (χ3v) is 5.18. The van der Waals surface area contributed by atoms with Crippen LogP contribution in [0.3, 0.4) is 0 Å². The molecule has 0 unspecified atom stereocenters. The molecule has 0 bridgehead atoms. The number of carbonyl (C=O) groups excluding carboxylic acids is 2. The minimum absolute atomic E-state index is 0.00850. The standard InChI is InChI=1S/C17H24N2O6S/c1-13(20)19-17(9-3-2-4-10-17)16(21)25-12-11-24-14-5-7-15(8-6-14)26(18,22)23/h5-8H,2-4,9-12H2,1H3,(H,19,20)(H2,18,22,23). The summed E-state index contributed by atoms with van der Waals surface area (Å²) in [4.78, 5) is 23.9. The zero-order valence-electron chi connectivity index (χ0n) is 14.7. The highest BCUT2D eigenvalue weighted by Gasteiger charge is 2.41. The fourth-order valence-electron chi connectivity index (χ4n) is 3.03. The van der Waals surface area contributed by atoms with Crippen molar-refractivity contribution < 1.29 is 27.5 Å². The molecule has 9 heteroatoms. The van der Waals surface area contributed by atoms with Crippen molar-refractivity contribution in [2.24, 2.45) is 5.14 Å². The first kappa shape index (κ1) is 20.2. The molecular weight excluding hydrogens is 360 g/mol. The molecule has 1 amide bonds. The van der Waals surface area contributed by atoms with E-state index in [-0.39, 0.29) is 24.0 Å². The van der Waals surface area contributed by atoms with Crippen LogP contribution in [-0.2, 0) is 24.3 Å². The van der Waals surface area contributed by atoms with Crippen LogP contribution in [-0.4, -0.2) is 39.0 Å². The Bertz CT molecular complexity index is 739. The summed E-state index contributed by atoms with van der Waals surface area (Å²) in [5.74, 6) is -0.265. The number of hydrogen-bond acceptors (Lipinski definition) is 6. The number of ether oxygens (including phenoxy) is 2. The summed E-state index contributed by atoms with van der Waals surface area (Å²) in [6.45, 7) is 1.52. The van der Waals surface area contributed by atoms with Gasteiger partial charge in [-0.1, -0.05) is 19.3 Å². The van der Waals surface area contributed by atoms with Crippen LogP contribution in [0.1, 0.15) is 39.0 Å². The van der Waals surface area contributed by atoms with Gasteiger partial charge in [-0.2, -0.15) is 0 Å². The molecule has 1 fully saturated rings. The average Bonchev–Trinajstić information content (AvgIpc) is 2.58. The van der Waals surface area contributed by atoms with Gasteiger partial charge in [0.05, 0.1) is 4.90 Å². The normalized spacial score (nSPS) is 16.5. The summed E-state index contributed by atoms with van der Waals surface area (Å²) in [5, 5.41) is 7.77. The monoisotopic (exact) mass is 384 g/mol. The molecule has 0 aliphatic heterocycles. The van der Waals surface area contributed by atoms with E-state index >= 15 is 0 Å². The van der Waals surface area contributed by atoms with Crippen molar-refractivity contribution >= 4 is 21.9 Å². The summed E-state index contributed by atoms with van der Waals surface area (Å²) >= 11 is 0. The summed E-state index contributed by atoms with van der Waals surface area (Å²) in [6.07, 6.45) is 3.90. The summed E-state index contributed by atoms with van der Waals surface area (Å²) in [6, 6.07) is 5.62. The molecule has 26 heavy (non-hydrogen) atoms. The number of rotatable bonds is 7. The number of nitrogens with one attached hydrogen (secondary N) is 1. The van der Waals surface area contributed by atoms with Gasteiger partial charge in [-0.15, -0.1) is 0 Å². The van der Waals surface area contributed by atoms with Crippen LogP contribution in [0, 0.1) is 0 Å². The number of benzene rings is 1. The first-order valence-electron chi connectivity index (χ1n) is 8.45. The van der Waals surface area contributed by atoms with Gasteiger partial charge in [-0.3, -0.25) is 4.79 Å². The molecule has 0 atom stereocenters. The van der Waals surface area contributed by atoms with E-state index < -0.39 is 21.5 Å². The molecule has 1 aromatic rings. The third kappa shape index (κ3) is 5.43. The van der Waals surface area contributed by atoms with Gasteiger partial charge in [0.2, 0.25) is 15.9 Å². The first-order chi connectivity index (χ1) is 12.2. The predicted octanol–water partition coefficient (Wildman–Crippen LogP) is 1.09. The molecule has 1 aliphatic rings. The molecule has 3 N–H and O–H groups in total. The Morgan fingerprint density at radius 2 is 1.73 bits per heavy atom. The van der Waals surface area contributed by atoms with Crippen LogP contribution >= 0.6 is 0 Å². The molecule has 0 radical (unpaired) electrons. The summed E-state index contributed by atoms with van der Waals surface area (Å²) in [5.41, 5.74) is -0.943.